The second-order valence-corrected chi connectivity index (χ2v) is 9.37. The topological polar surface area (TPSA) is 142 Å². The zero-order valence-corrected chi connectivity index (χ0v) is 22.1. The predicted molar refractivity (Wildman–Crippen MR) is 146 cm³/mol. The van der Waals surface area contributed by atoms with Crippen molar-refractivity contribution >= 4 is 23.0 Å². The maximum absolute atomic E-state index is 13.1. The number of nitro groups is 2. The van der Waals surface area contributed by atoms with Crippen molar-refractivity contribution < 1.29 is 19.4 Å². The van der Waals surface area contributed by atoms with E-state index in [0.29, 0.717) is 28.3 Å². The molecule has 0 bridgehead atoms. The van der Waals surface area contributed by atoms with E-state index < -0.39 is 15.8 Å². The van der Waals surface area contributed by atoms with Crippen LogP contribution in [0.25, 0.3) is 0 Å². The van der Waals surface area contributed by atoms with E-state index >= 15 is 0 Å². The highest BCUT2D eigenvalue weighted by Crippen LogP contribution is 2.33. The second kappa shape index (κ2) is 10.7. The minimum Gasteiger partial charge on any atom is -0.457 e. The van der Waals surface area contributed by atoms with Gasteiger partial charge in [-0.2, -0.15) is 5.10 Å². The number of aryl methyl sites for hydroxylation is 3. The van der Waals surface area contributed by atoms with Gasteiger partial charge in [0.2, 0.25) is 0 Å². The number of carbonyl (C=O) groups is 1. The van der Waals surface area contributed by atoms with Crippen LogP contribution in [0.5, 0.6) is 11.5 Å². The average molecular weight is 530 g/mol. The van der Waals surface area contributed by atoms with Gasteiger partial charge in [-0.15, -0.1) is 0 Å². The molecule has 11 nitrogen and oxygen atoms in total. The van der Waals surface area contributed by atoms with E-state index in [9.17, 15) is 25.0 Å². The third-order valence-electron chi connectivity index (χ3n) is 6.40. The van der Waals surface area contributed by atoms with Crippen molar-refractivity contribution in [3.63, 3.8) is 0 Å². The van der Waals surface area contributed by atoms with Crippen LogP contribution in [0.3, 0.4) is 0 Å². The summed E-state index contributed by atoms with van der Waals surface area (Å²) in [5, 5.41) is 29.9. The molecule has 4 aromatic rings. The summed E-state index contributed by atoms with van der Waals surface area (Å²) in [4.78, 5) is 35.0. The molecule has 1 N–H and O–H groups in total. The predicted octanol–water partition coefficient (Wildman–Crippen LogP) is 6.33. The number of hydrogen-bond acceptors (Lipinski definition) is 7. The van der Waals surface area contributed by atoms with Gasteiger partial charge in [-0.05, 0) is 75.1 Å². The first-order valence-electron chi connectivity index (χ1n) is 12.1. The molecule has 0 fully saturated rings. The second-order valence-electron chi connectivity index (χ2n) is 9.37. The third-order valence-corrected chi connectivity index (χ3v) is 6.40. The summed E-state index contributed by atoms with van der Waals surface area (Å²) in [6.07, 6.45) is 0. The van der Waals surface area contributed by atoms with Gasteiger partial charge in [0.25, 0.3) is 11.6 Å². The number of ether oxygens (including phenoxy) is 1. The van der Waals surface area contributed by atoms with Crippen molar-refractivity contribution in [1.82, 2.24) is 9.78 Å². The molecule has 0 saturated carbocycles. The summed E-state index contributed by atoms with van der Waals surface area (Å²) in [7, 11) is 0. The highest BCUT2D eigenvalue weighted by molar-refractivity contribution is 6.04. The Morgan fingerprint density at radius 1 is 0.974 bits per heavy atom. The summed E-state index contributed by atoms with van der Waals surface area (Å²) >= 11 is 0. The lowest BCUT2D eigenvalue weighted by Crippen LogP contribution is -2.13. The van der Waals surface area contributed by atoms with Crippen molar-refractivity contribution in [2.75, 3.05) is 5.32 Å². The van der Waals surface area contributed by atoms with Gasteiger partial charge >= 0.3 is 5.69 Å². The number of aromatic nitrogens is 2. The van der Waals surface area contributed by atoms with Crippen LogP contribution >= 0.6 is 0 Å². The Balaban J connectivity index is 1.59. The van der Waals surface area contributed by atoms with Gasteiger partial charge in [0.15, 0.2) is 0 Å². The van der Waals surface area contributed by atoms with Crippen molar-refractivity contribution in [3.8, 4) is 11.5 Å². The van der Waals surface area contributed by atoms with E-state index in [0.717, 1.165) is 16.7 Å². The van der Waals surface area contributed by atoms with Crippen LogP contribution in [0.2, 0.25) is 0 Å². The molecule has 11 heteroatoms. The highest BCUT2D eigenvalue weighted by atomic mass is 16.6. The highest BCUT2D eigenvalue weighted by Gasteiger charge is 2.22. The minimum atomic E-state index is -0.551. The van der Waals surface area contributed by atoms with Gasteiger partial charge in [0, 0.05) is 17.7 Å². The summed E-state index contributed by atoms with van der Waals surface area (Å²) < 4.78 is 7.52. The SMILES string of the molecule is Cc1cc(C)c(C)c(Oc2cc(NC(=O)c3cccc(Cn4nc(C)c([N+](=O)[O-])c4C)c3)cc([N+](=O)[O-])c2)c1. The van der Waals surface area contributed by atoms with E-state index in [1.807, 2.05) is 32.9 Å². The van der Waals surface area contributed by atoms with Crippen LogP contribution < -0.4 is 10.1 Å². The maximum Gasteiger partial charge on any atom is 0.312 e. The normalized spacial score (nSPS) is 10.8. The monoisotopic (exact) mass is 529 g/mol. The van der Waals surface area contributed by atoms with Crippen LogP contribution in [-0.2, 0) is 6.54 Å². The first kappa shape index (κ1) is 27.0. The lowest BCUT2D eigenvalue weighted by molar-refractivity contribution is -0.386. The summed E-state index contributed by atoms with van der Waals surface area (Å²) in [6, 6.07) is 14.7. The minimum absolute atomic E-state index is 0.0383. The zero-order valence-electron chi connectivity index (χ0n) is 22.1. The van der Waals surface area contributed by atoms with Crippen LogP contribution in [0.4, 0.5) is 17.1 Å². The Morgan fingerprint density at radius 2 is 1.72 bits per heavy atom. The van der Waals surface area contributed by atoms with Gasteiger partial charge in [0.1, 0.15) is 22.9 Å². The Hall–Kier alpha value is -5.06. The van der Waals surface area contributed by atoms with E-state index in [1.54, 1.807) is 38.1 Å². The number of amides is 1. The first-order chi connectivity index (χ1) is 18.4. The van der Waals surface area contributed by atoms with Crippen LogP contribution in [0.15, 0.2) is 54.6 Å². The van der Waals surface area contributed by atoms with E-state index in [1.165, 1.54) is 22.9 Å². The maximum atomic E-state index is 13.1. The van der Waals surface area contributed by atoms with Crippen molar-refractivity contribution in [1.29, 1.82) is 0 Å². The average Bonchev–Trinajstić information content (AvgIpc) is 3.14. The number of benzene rings is 3. The van der Waals surface area contributed by atoms with Crippen LogP contribution in [0.1, 0.15) is 44.0 Å². The lowest BCUT2D eigenvalue weighted by atomic mass is 10.1. The van der Waals surface area contributed by atoms with Crippen LogP contribution in [-0.4, -0.2) is 25.5 Å². The standard InChI is InChI=1S/C28H27N5O6/c1-16-9-17(2)18(3)26(10-16)39-25-13-23(12-24(14-25)32(35)36)29-28(34)22-8-6-7-21(11-22)15-31-20(5)27(33(37)38)19(4)30-31/h6-14H,15H2,1-5H3,(H,29,34). The number of nitro benzene ring substituents is 1. The molecule has 1 amide bonds. The quantitative estimate of drug-likeness (QED) is 0.207. The van der Waals surface area contributed by atoms with Crippen molar-refractivity contribution in [2.24, 2.45) is 0 Å². The van der Waals surface area contributed by atoms with E-state index in [2.05, 4.69) is 10.4 Å². The number of hydrogen-bond donors (Lipinski definition) is 1. The number of rotatable bonds is 8. The number of carbonyl (C=O) groups excluding carboxylic acids is 1. The van der Waals surface area contributed by atoms with Crippen LogP contribution in [0, 0.1) is 54.8 Å². The molecule has 0 saturated heterocycles. The number of nitrogens with zero attached hydrogens (tertiary/aromatic N) is 4. The summed E-state index contributed by atoms with van der Waals surface area (Å²) in [5.74, 6) is 0.306. The zero-order chi connectivity index (χ0) is 28.4. The lowest BCUT2D eigenvalue weighted by Gasteiger charge is -2.13. The molecule has 1 aromatic heterocycles. The summed E-state index contributed by atoms with van der Waals surface area (Å²) in [5.41, 5.74) is 4.59. The Kier molecular flexibility index (Phi) is 7.43. The number of nitrogens with one attached hydrogen (secondary N) is 1. The molecule has 200 valence electrons. The fourth-order valence-corrected chi connectivity index (χ4v) is 4.35. The molecule has 0 aliphatic rings. The molecule has 0 aliphatic carbocycles. The molecule has 0 atom stereocenters. The van der Waals surface area contributed by atoms with Gasteiger partial charge in [-0.3, -0.25) is 29.7 Å². The Bertz CT molecular complexity index is 1630. The molecule has 3 aromatic carbocycles. The molecule has 4 rings (SSSR count). The number of non-ortho nitro benzene ring substituents is 1. The Labute approximate surface area is 224 Å². The van der Waals surface area contributed by atoms with Crippen molar-refractivity contribution in [2.45, 2.75) is 41.2 Å². The fraction of sp³-hybridized carbons (Fsp3) is 0.214. The molecule has 0 unspecified atom stereocenters. The van der Waals surface area contributed by atoms with Gasteiger partial charge in [-0.25, -0.2) is 0 Å². The molecular weight excluding hydrogens is 502 g/mol. The molecule has 0 spiro atoms. The molecule has 1 heterocycles. The molecule has 0 radical (unpaired) electrons. The van der Waals surface area contributed by atoms with Crippen molar-refractivity contribution in [3.05, 3.63) is 114 Å². The molecule has 39 heavy (non-hydrogen) atoms. The van der Waals surface area contributed by atoms with E-state index in [-0.39, 0.29) is 29.4 Å². The smallest absolute Gasteiger partial charge is 0.312 e. The fourth-order valence-electron chi connectivity index (χ4n) is 4.35. The molecular formula is C28H27N5O6. The van der Waals surface area contributed by atoms with Gasteiger partial charge in [0.05, 0.1) is 28.1 Å². The number of anilines is 1. The Morgan fingerprint density at radius 3 is 2.38 bits per heavy atom. The summed E-state index contributed by atoms with van der Waals surface area (Å²) in [6.45, 7) is 9.22. The first-order valence-corrected chi connectivity index (χ1v) is 12.1. The third kappa shape index (κ3) is 5.93. The largest absolute Gasteiger partial charge is 0.457 e. The van der Waals surface area contributed by atoms with Gasteiger partial charge < -0.3 is 10.1 Å². The molecule has 0 aliphatic heterocycles. The van der Waals surface area contributed by atoms with Gasteiger partial charge in [-0.1, -0.05) is 18.2 Å². The van der Waals surface area contributed by atoms with E-state index in [4.69, 9.17) is 4.74 Å².